The summed E-state index contributed by atoms with van der Waals surface area (Å²) in [6.45, 7) is 0.848. The molecule has 16 heavy (non-hydrogen) atoms. The molecule has 0 saturated carbocycles. The van der Waals surface area contributed by atoms with Crippen molar-refractivity contribution < 1.29 is 5.48 Å². The van der Waals surface area contributed by atoms with Crippen LogP contribution in [0.2, 0.25) is 0 Å². The number of rotatable bonds is 2. The van der Waals surface area contributed by atoms with Gasteiger partial charge in [0.25, 0.3) is 0 Å². The standard InChI is InChI=1S/C7H10N2.6BrH.H2O/c1-8-6-7-4-2-3-5-9-7;;;;;;;/h2-5,8H,6H2,1H3;6*1H;1H2. The zero-order valence-electron chi connectivity index (χ0n) is 8.41. The zero-order valence-corrected chi connectivity index (χ0v) is 18.7. The monoisotopic (exact) mass is 620 g/mol. The van der Waals surface area contributed by atoms with Gasteiger partial charge in [-0.1, -0.05) is 6.07 Å². The molecule has 0 saturated heterocycles. The molecule has 0 aliphatic carbocycles. The molecule has 0 bridgehead atoms. The molecule has 3 N–H and O–H groups in total. The Morgan fingerprint density at radius 2 is 1.50 bits per heavy atom. The van der Waals surface area contributed by atoms with E-state index in [9.17, 15) is 0 Å². The maximum absolute atomic E-state index is 4.11. The Hall–Kier alpha value is 1.95. The van der Waals surface area contributed by atoms with Gasteiger partial charge < -0.3 is 10.8 Å². The van der Waals surface area contributed by atoms with E-state index < -0.39 is 0 Å². The van der Waals surface area contributed by atoms with E-state index in [1.165, 1.54) is 0 Å². The third-order valence-corrected chi connectivity index (χ3v) is 1.08. The van der Waals surface area contributed by atoms with E-state index in [2.05, 4.69) is 10.3 Å². The highest BCUT2D eigenvalue weighted by molar-refractivity contribution is 8.93. The molecular weight excluding hydrogens is 608 g/mol. The summed E-state index contributed by atoms with van der Waals surface area (Å²) in [4.78, 5) is 4.11. The first-order valence-corrected chi connectivity index (χ1v) is 2.98. The second-order valence-corrected chi connectivity index (χ2v) is 1.85. The van der Waals surface area contributed by atoms with Gasteiger partial charge in [-0.25, -0.2) is 0 Å². The third-order valence-electron chi connectivity index (χ3n) is 1.08. The molecule has 1 heterocycles. The molecule has 104 valence electrons. The van der Waals surface area contributed by atoms with Gasteiger partial charge in [-0.05, 0) is 19.2 Å². The largest absolute Gasteiger partial charge is 0.412 e. The maximum atomic E-state index is 4.11. The molecular formula is C7H18Br6N2O. The van der Waals surface area contributed by atoms with Gasteiger partial charge in [-0.15, -0.1) is 102 Å². The van der Waals surface area contributed by atoms with Crippen LogP contribution >= 0.6 is 102 Å². The highest BCUT2D eigenvalue weighted by Crippen LogP contribution is 1.89. The van der Waals surface area contributed by atoms with Crippen molar-refractivity contribution in [1.82, 2.24) is 10.3 Å². The Labute approximate surface area is 159 Å². The summed E-state index contributed by atoms with van der Waals surface area (Å²) in [7, 11) is 1.91. The molecule has 1 aromatic rings. The van der Waals surface area contributed by atoms with Crippen LogP contribution in [-0.2, 0) is 6.54 Å². The molecule has 3 nitrogen and oxygen atoms in total. The van der Waals surface area contributed by atoms with Crippen molar-refractivity contribution in [1.29, 1.82) is 0 Å². The van der Waals surface area contributed by atoms with Crippen molar-refractivity contribution >= 4 is 102 Å². The van der Waals surface area contributed by atoms with E-state index in [0.717, 1.165) is 12.2 Å². The smallest absolute Gasteiger partial charge is 0.0541 e. The Bertz CT molecular complexity index is 180. The van der Waals surface area contributed by atoms with E-state index in [0.29, 0.717) is 0 Å². The summed E-state index contributed by atoms with van der Waals surface area (Å²) in [6, 6.07) is 5.90. The van der Waals surface area contributed by atoms with Gasteiger partial charge in [0.05, 0.1) is 5.69 Å². The number of nitrogens with one attached hydrogen (secondary N) is 1. The summed E-state index contributed by atoms with van der Waals surface area (Å²) in [5, 5.41) is 3.02. The van der Waals surface area contributed by atoms with Crippen LogP contribution < -0.4 is 5.32 Å². The minimum Gasteiger partial charge on any atom is -0.412 e. The van der Waals surface area contributed by atoms with E-state index >= 15 is 0 Å². The molecule has 1 rings (SSSR count). The van der Waals surface area contributed by atoms with E-state index in [-0.39, 0.29) is 107 Å². The molecule has 0 atom stereocenters. The number of halogens is 6. The summed E-state index contributed by atoms with van der Waals surface area (Å²) in [5.74, 6) is 0. The van der Waals surface area contributed by atoms with Crippen LogP contribution in [0.1, 0.15) is 5.69 Å². The first kappa shape index (κ1) is 43.0. The molecule has 0 unspecified atom stereocenters. The van der Waals surface area contributed by atoms with Crippen LogP contribution in [0.15, 0.2) is 24.4 Å². The van der Waals surface area contributed by atoms with Crippen molar-refractivity contribution in [3.63, 3.8) is 0 Å². The van der Waals surface area contributed by atoms with Gasteiger partial charge in [0.1, 0.15) is 0 Å². The van der Waals surface area contributed by atoms with E-state index in [4.69, 9.17) is 0 Å². The van der Waals surface area contributed by atoms with Gasteiger partial charge >= 0.3 is 0 Å². The number of hydrogen-bond acceptors (Lipinski definition) is 2. The fourth-order valence-electron chi connectivity index (χ4n) is 0.684. The first-order valence-electron chi connectivity index (χ1n) is 2.98. The Morgan fingerprint density at radius 1 is 1.00 bits per heavy atom. The van der Waals surface area contributed by atoms with Crippen molar-refractivity contribution in [3.8, 4) is 0 Å². The second-order valence-electron chi connectivity index (χ2n) is 1.85. The highest BCUT2D eigenvalue weighted by atomic mass is 79.9. The molecule has 1 aromatic heterocycles. The van der Waals surface area contributed by atoms with Crippen molar-refractivity contribution in [2.75, 3.05) is 7.05 Å². The lowest BCUT2D eigenvalue weighted by molar-refractivity contribution is 0.791. The third kappa shape index (κ3) is 21.3. The minimum atomic E-state index is 0. The average Bonchev–Trinajstić information content (AvgIpc) is 1.91. The fourth-order valence-corrected chi connectivity index (χ4v) is 0.684. The van der Waals surface area contributed by atoms with Crippen LogP contribution in [0.5, 0.6) is 0 Å². The topological polar surface area (TPSA) is 56.4 Å². The molecule has 0 spiro atoms. The Morgan fingerprint density at radius 3 is 1.81 bits per heavy atom. The molecule has 0 aliphatic rings. The minimum absolute atomic E-state index is 0. The van der Waals surface area contributed by atoms with Gasteiger partial charge in [-0.2, -0.15) is 0 Å². The van der Waals surface area contributed by atoms with Crippen molar-refractivity contribution in [2.24, 2.45) is 0 Å². The lowest BCUT2D eigenvalue weighted by Gasteiger charge is -1.94. The second kappa shape index (κ2) is 30.2. The van der Waals surface area contributed by atoms with E-state index in [1.807, 2.05) is 25.2 Å². The highest BCUT2D eigenvalue weighted by Gasteiger charge is 1.85. The summed E-state index contributed by atoms with van der Waals surface area (Å²) in [5.41, 5.74) is 1.08. The quantitative estimate of drug-likeness (QED) is 0.548. The van der Waals surface area contributed by atoms with E-state index in [1.54, 1.807) is 6.20 Å². The zero-order chi connectivity index (χ0) is 6.53. The van der Waals surface area contributed by atoms with Crippen LogP contribution in [-0.4, -0.2) is 17.5 Å². The molecule has 9 heteroatoms. The number of hydrogen-bond donors (Lipinski definition) is 1. The molecule has 0 fully saturated rings. The molecule has 0 amide bonds. The number of aromatic nitrogens is 1. The maximum Gasteiger partial charge on any atom is 0.0541 e. The van der Waals surface area contributed by atoms with Gasteiger partial charge in [0.15, 0.2) is 0 Å². The average molecular weight is 626 g/mol. The van der Waals surface area contributed by atoms with Crippen LogP contribution in [0.25, 0.3) is 0 Å². The predicted molar refractivity (Wildman–Crippen MR) is 103 cm³/mol. The molecule has 0 aliphatic heterocycles. The van der Waals surface area contributed by atoms with Gasteiger partial charge in [0.2, 0.25) is 0 Å². The van der Waals surface area contributed by atoms with Gasteiger partial charge in [0, 0.05) is 12.7 Å². The fraction of sp³-hybridized carbons (Fsp3) is 0.286. The van der Waals surface area contributed by atoms with Crippen molar-refractivity contribution in [3.05, 3.63) is 30.1 Å². The van der Waals surface area contributed by atoms with Crippen LogP contribution in [0.3, 0.4) is 0 Å². The molecule has 0 aromatic carbocycles. The summed E-state index contributed by atoms with van der Waals surface area (Å²) in [6.07, 6.45) is 1.80. The normalized spacial score (nSPS) is 5.31. The van der Waals surface area contributed by atoms with Crippen molar-refractivity contribution in [2.45, 2.75) is 6.54 Å². The lowest BCUT2D eigenvalue weighted by Crippen LogP contribution is -2.05. The number of pyridine rings is 1. The van der Waals surface area contributed by atoms with Crippen LogP contribution in [0.4, 0.5) is 0 Å². The summed E-state index contributed by atoms with van der Waals surface area (Å²) >= 11 is 0. The summed E-state index contributed by atoms with van der Waals surface area (Å²) < 4.78 is 0. The van der Waals surface area contributed by atoms with Gasteiger partial charge in [-0.3, -0.25) is 4.98 Å². The number of nitrogens with zero attached hydrogens (tertiary/aromatic N) is 1. The SMILES string of the molecule is Br.Br.Br.Br.Br.Br.CNCc1ccccn1.O. The first-order chi connectivity index (χ1) is 4.43. The predicted octanol–water partition coefficient (Wildman–Crippen LogP) is 3.44. The van der Waals surface area contributed by atoms with Crippen LogP contribution in [0, 0.1) is 0 Å². The molecule has 0 radical (unpaired) electrons. The Kier molecular flexibility index (Phi) is 81.2. The Balaban J connectivity index is -0.0000000231. The lowest BCUT2D eigenvalue weighted by atomic mass is 10.3.